The monoisotopic (exact) mass is 182 g/mol. The maximum Gasteiger partial charge on any atom is 0.0135 e. The molecule has 0 spiro atoms. The molecule has 2 rings (SSSR count). The largest absolute Gasteiger partial charge is 0.330 e. The molecule has 0 unspecified atom stereocenters. The lowest BCUT2D eigenvalue weighted by molar-refractivity contribution is 0.135. The van der Waals surface area contributed by atoms with Gasteiger partial charge in [0.2, 0.25) is 0 Å². The number of hydrogen-bond acceptors (Lipinski definition) is 2. The Hall–Kier alpha value is -0.0800. The van der Waals surface area contributed by atoms with Gasteiger partial charge in [0.25, 0.3) is 0 Å². The zero-order chi connectivity index (χ0) is 9.10. The van der Waals surface area contributed by atoms with Crippen LogP contribution in [0.5, 0.6) is 0 Å². The summed E-state index contributed by atoms with van der Waals surface area (Å²) in [6.45, 7) is 3.57. The van der Waals surface area contributed by atoms with E-state index in [4.69, 9.17) is 5.73 Å². The van der Waals surface area contributed by atoms with Crippen LogP contribution in [0.25, 0.3) is 0 Å². The summed E-state index contributed by atoms with van der Waals surface area (Å²) in [5.41, 5.74) is 5.80. The Balaban J connectivity index is 1.90. The van der Waals surface area contributed by atoms with Gasteiger partial charge in [0.1, 0.15) is 0 Å². The highest BCUT2D eigenvalue weighted by Crippen LogP contribution is 2.30. The van der Waals surface area contributed by atoms with Gasteiger partial charge >= 0.3 is 0 Å². The van der Waals surface area contributed by atoms with Gasteiger partial charge in [-0.2, -0.15) is 0 Å². The number of hydrogen-bond donors (Lipinski definition) is 1. The van der Waals surface area contributed by atoms with E-state index in [-0.39, 0.29) is 0 Å². The molecule has 13 heavy (non-hydrogen) atoms. The van der Waals surface area contributed by atoms with E-state index < -0.39 is 0 Å². The normalized spacial score (nSPS) is 36.7. The summed E-state index contributed by atoms with van der Waals surface area (Å²) in [4.78, 5) is 2.70. The minimum atomic E-state index is 0.804. The highest BCUT2D eigenvalue weighted by molar-refractivity contribution is 4.86. The van der Waals surface area contributed by atoms with Gasteiger partial charge < -0.3 is 10.6 Å². The molecule has 76 valence electrons. The third-order valence-electron chi connectivity index (χ3n) is 3.78. The van der Waals surface area contributed by atoms with E-state index in [9.17, 15) is 0 Å². The molecule has 0 radical (unpaired) electrons. The Morgan fingerprint density at radius 2 is 1.77 bits per heavy atom. The van der Waals surface area contributed by atoms with Crippen LogP contribution in [0.2, 0.25) is 0 Å². The van der Waals surface area contributed by atoms with E-state index in [2.05, 4.69) is 4.90 Å². The van der Waals surface area contributed by atoms with Crippen molar-refractivity contribution in [3.63, 3.8) is 0 Å². The molecule has 0 aromatic heterocycles. The van der Waals surface area contributed by atoms with Gasteiger partial charge in [-0.1, -0.05) is 12.8 Å². The predicted octanol–water partition coefficient (Wildman–Crippen LogP) is 1.60. The molecule has 1 saturated heterocycles. The SMILES string of the molecule is NC[C@@H]1CCC[C@@H]1N1CCCCC1. The average molecular weight is 182 g/mol. The van der Waals surface area contributed by atoms with E-state index in [0.717, 1.165) is 18.5 Å². The van der Waals surface area contributed by atoms with Gasteiger partial charge in [0.15, 0.2) is 0 Å². The van der Waals surface area contributed by atoms with Crippen molar-refractivity contribution >= 4 is 0 Å². The quantitative estimate of drug-likeness (QED) is 0.703. The molecule has 0 amide bonds. The molecule has 1 aliphatic heterocycles. The van der Waals surface area contributed by atoms with E-state index >= 15 is 0 Å². The second kappa shape index (κ2) is 4.43. The van der Waals surface area contributed by atoms with Crippen molar-refractivity contribution in [1.29, 1.82) is 0 Å². The molecular weight excluding hydrogens is 160 g/mol. The fourth-order valence-corrected chi connectivity index (χ4v) is 3.02. The summed E-state index contributed by atoms with van der Waals surface area (Å²) >= 11 is 0. The Bertz CT molecular complexity index is 152. The molecule has 0 aromatic rings. The second-order valence-corrected chi connectivity index (χ2v) is 4.59. The van der Waals surface area contributed by atoms with Crippen molar-refractivity contribution < 1.29 is 0 Å². The fourth-order valence-electron chi connectivity index (χ4n) is 3.02. The Kier molecular flexibility index (Phi) is 3.23. The van der Waals surface area contributed by atoms with Crippen LogP contribution in [-0.2, 0) is 0 Å². The standard InChI is InChI=1S/C11H22N2/c12-9-10-5-4-6-11(10)13-7-2-1-3-8-13/h10-11H,1-9,12H2/t10-,11-/m0/s1. The molecule has 1 aliphatic carbocycles. The third kappa shape index (κ3) is 2.05. The first-order chi connectivity index (χ1) is 6.42. The van der Waals surface area contributed by atoms with Crippen LogP contribution in [0, 0.1) is 5.92 Å². The number of likely N-dealkylation sites (tertiary alicyclic amines) is 1. The van der Waals surface area contributed by atoms with E-state index in [1.807, 2.05) is 0 Å². The van der Waals surface area contributed by atoms with Crippen LogP contribution < -0.4 is 5.73 Å². The first-order valence-electron chi connectivity index (χ1n) is 5.86. The van der Waals surface area contributed by atoms with Crippen molar-refractivity contribution in [3.05, 3.63) is 0 Å². The molecule has 0 aromatic carbocycles. The molecule has 0 bridgehead atoms. The lowest BCUT2D eigenvalue weighted by Gasteiger charge is -2.35. The highest BCUT2D eigenvalue weighted by Gasteiger charge is 2.31. The lowest BCUT2D eigenvalue weighted by Crippen LogP contribution is -2.43. The Morgan fingerprint density at radius 3 is 2.46 bits per heavy atom. The first-order valence-corrected chi connectivity index (χ1v) is 5.86. The van der Waals surface area contributed by atoms with Gasteiger partial charge in [-0.25, -0.2) is 0 Å². The van der Waals surface area contributed by atoms with Crippen LogP contribution in [-0.4, -0.2) is 30.6 Å². The predicted molar refractivity (Wildman–Crippen MR) is 55.6 cm³/mol. The van der Waals surface area contributed by atoms with Crippen molar-refractivity contribution in [1.82, 2.24) is 4.90 Å². The molecule has 2 aliphatic rings. The van der Waals surface area contributed by atoms with Gasteiger partial charge in [0.05, 0.1) is 0 Å². The third-order valence-corrected chi connectivity index (χ3v) is 3.78. The topological polar surface area (TPSA) is 29.3 Å². The van der Waals surface area contributed by atoms with Crippen molar-refractivity contribution in [2.45, 2.75) is 44.6 Å². The fraction of sp³-hybridized carbons (Fsp3) is 1.00. The highest BCUT2D eigenvalue weighted by atomic mass is 15.2. The molecule has 1 saturated carbocycles. The maximum absolute atomic E-state index is 5.80. The molecule has 1 heterocycles. The van der Waals surface area contributed by atoms with Crippen LogP contribution >= 0.6 is 0 Å². The lowest BCUT2D eigenvalue weighted by atomic mass is 9.99. The van der Waals surface area contributed by atoms with Crippen LogP contribution in [0.4, 0.5) is 0 Å². The van der Waals surface area contributed by atoms with Crippen LogP contribution in [0.1, 0.15) is 38.5 Å². The maximum atomic E-state index is 5.80. The van der Waals surface area contributed by atoms with Crippen molar-refractivity contribution in [2.75, 3.05) is 19.6 Å². The molecule has 2 N–H and O–H groups in total. The van der Waals surface area contributed by atoms with Gasteiger partial charge in [0, 0.05) is 6.04 Å². The Labute approximate surface area is 81.5 Å². The van der Waals surface area contributed by atoms with Crippen molar-refractivity contribution in [2.24, 2.45) is 11.7 Å². The summed E-state index contributed by atoms with van der Waals surface area (Å²) in [7, 11) is 0. The number of rotatable bonds is 2. The summed E-state index contributed by atoms with van der Waals surface area (Å²) in [6.07, 6.45) is 8.45. The molecule has 2 heteroatoms. The minimum Gasteiger partial charge on any atom is -0.330 e. The summed E-state index contributed by atoms with van der Waals surface area (Å²) in [6, 6.07) is 0.838. The second-order valence-electron chi connectivity index (χ2n) is 4.59. The van der Waals surface area contributed by atoms with Crippen LogP contribution in [0.15, 0.2) is 0 Å². The molecular formula is C11H22N2. The molecule has 2 atom stereocenters. The smallest absolute Gasteiger partial charge is 0.0135 e. The van der Waals surface area contributed by atoms with Gasteiger partial charge in [-0.3, -0.25) is 0 Å². The summed E-state index contributed by atoms with van der Waals surface area (Å²) in [5.74, 6) is 0.804. The number of piperidine rings is 1. The van der Waals surface area contributed by atoms with E-state index in [0.29, 0.717) is 0 Å². The van der Waals surface area contributed by atoms with Gasteiger partial charge in [-0.15, -0.1) is 0 Å². The summed E-state index contributed by atoms with van der Waals surface area (Å²) in [5, 5.41) is 0. The van der Waals surface area contributed by atoms with Crippen molar-refractivity contribution in [3.8, 4) is 0 Å². The number of nitrogens with zero attached hydrogens (tertiary/aromatic N) is 1. The first kappa shape index (κ1) is 9.47. The van der Waals surface area contributed by atoms with E-state index in [1.54, 1.807) is 0 Å². The Morgan fingerprint density at radius 1 is 1.00 bits per heavy atom. The molecule has 2 fully saturated rings. The van der Waals surface area contributed by atoms with Crippen LogP contribution in [0.3, 0.4) is 0 Å². The number of nitrogens with two attached hydrogens (primary N) is 1. The average Bonchev–Trinajstić information content (AvgIpc) is 2.67. The molecule has 2 nitrogen and oxygen atoms in total. The minimum absolute atomic E-state index is 0.804. The van der Waals surface area contributed by atoms with Gasteiger partial charge in [-0.05, 0) is 51.2 Å². The van der Waals surface area contributed by atoms with E-state index in [1.165, 1.54) is 51.6 Å². The zero-order valence-electron chi connectivity index (χ0n) is 8.54. The zero-order valence-corrected chi connectivity index (χ0v) is 8.54. The summed E-state index contributed by atoms with van der Waals surface area (Å²) < 4.78 is 0.